The van der Waals surface area contributed by atoms with Crippen molar-refractivity contribution in [1.29, 1.82) is 0 Å². The Labute approximate surface area is 105 Å². The minimum atomic E-state index is -0.882. The summed E-state index contributed by atoms with van der Waals surface area (Å²) in [4.78, 5) is 12.5. The first-order valence-electron chi connectivity index (χ1n) is 5.72. The van der Waals surface area contributed by atoms with Gasteiger partial charge in [-0.25, -0.2) is 0 Å². The zero-order chi connectivity index (χ0) is 13.1. The summed E-state index contributed by atoms with van der Waals surface area (Å²) in [5.41, 5.74) is 7.51. The van der Waals surface area contributed by atoms with Crippen molar-refractivity contribution in [3.63, 3.8) is 0 Å². The maximum absolute atomic E-state index is 10.6. The first-order chi connectivity index (χ1) is 8.58. The van der Waals surface area contributed by atoms with Crippen LogP contribution < -0.4 is 10.6 Å². The summed E-state index contributed by atoms with van der Waals surface area (Å²) >= 11 is 0. The molecule has 1 heterocycles. The molecule has 0 saturated heterocycles. The normalized spacial score (nSPS) is 12.6. The second-order valence-corrected chi connectivity index (χ2v) is 4.36. The number of likely N-dealkylation sites (N-methyl/N-ethyl adjacent to an activating group) is 1. The Balaban J connectivity index is 2.13. The Morgan fingerprint density at radius 1 is 1.50 bits per heavy atom. The van der Waals surface area contributed by atoms with Gasteiger partial charge in [0.15, 0.2) is 0 Å². The molecule has 1 unspecified atom stereocenters. The van der Waals surface area contributed by atoms with Crippen molar-refractivity contribution in [2.75, 3.05) is 18.5 Å². The zero-order valence-corrected chi connectivity index (χ0v) is 10.2. The van der Waals surface area contributed by atoms with E-state index < -0.39 is 12.0 Å². The minimum absolute atomic E-state index is 0.0415. The van der Waals surface area contributed by atoms with Crippen LogP contribution in [0, 0.1) is 0 Å². The average molecular weight is 248 g/mol. The molecule has 2 aromatic rings. The average Bonchev–Trinajstić information content (AvgIpc) is 2.71. The number of rotatable bonds is 5. The van der Waals surface area contributed by atoms with E-state index in [0.29, 0.717) is 6.54 Å². The third kappa shape index (κ3) is 2.62. The highest BCUT2D eigenvalue weighted by atomic mass is 16.4. The van der Waals surface area contributed by atoms with E-state index in [1.165, 1.54) is 0 Å². The monoisotopic (exact) mass is 248 g/mol. The van der Waals surface area contributed by atoms with Crippen molar-refractivity contribution in [3.05, 3.63) is 30.5 Å². The van der Waals surface area contributed by atoms with E-state index in [1.54, 1.807) is 6.26 Å². The van der Waals surface area contributed by atoms with E-state index in [9.17, 15) is 4.79 Å². The predicted octanol–water partition coefficient (Wildman–Crippen LogP) is 1.67. The molecule has 0 aliphatic rings. The highest BCUT2D eigenvalue weighted by Crippen LogP contribution is 2.27. The van der Waals surface area contributed by atoms with Crippen LogP contribution in [0.3, 0.4) is 0 Å². The Bertz CT molecular complexity index is 550. The van der Waals surface area contributed by atoms with Gasteiger partial charge in [-0.05, 0) is 12.1 Å². The first-order valence-corrected chi connectivity index (χ1v) is 5.72. The molecule has 5 nitrogen and oxygen atoms in total. The fourth-order valence-electron chi connectivity index (χ4n) is 2.00. The molecular weight excluding hydrogens is 232 g/mol. The Morgan fingerprint density at radius 2 is 2.22 bits per heavy atom. The van der Waals surface area contributed by atoms with Crippen LogP contribution in [0.5, 0.6) is 0 Å². The zero-order valence-electron chi connectivity index (χ0n) is 10.2. The molecule has 1 aromatic carbocycles. The van der Waals surface area contributed by atoms with Crippen LogP contribution in [-0.2, 0) is 4.79 Å². The van der Waals surface area contributed by atoms with E-state index in [2.05, 4.69) is 0 Å². The molecule has 0 aliphatic heterocycles. The van der Waals surface area contributed by atoms with E-state index in [4.69, 9.17) is 15.3 Å². The highest BCUT2D eigenvalue weighted by Gasteiger charge is 2.14. The number of nitrogens with zero attached hydrogens (tertiary/aromatic N) is 1. The molecule has 0 saturated carbocycles. The van der Waals surface area contributed by atoms with Gasteiger partial charge in [-0.3, -0.25) is 4.79 Å². The number of benzene rings is 1. The largest absolute Gasteiger partial charge is 0.481 e. The number of hydrogen-bond donors (Lipinski definition) is 2. The SMILES string of the molecule is CN(CC(N)CC(=O)O)c1coc2ccccc12. The summed E-state index contributed by atoms with van der Waals surface area (Å²) < 4.78 is 5.43. The van der Waals surface area contributed by atoms with Gasteiger partial charge >= 0.3 is 5.97 Å². The van der Waals surface area contributed by atoms with Crippen molar-refractivity contribution < 1.29 is 14.3 Å². The summed E-state index contributed by atoms with van der Waals surface area (Å²) in [6.45, 7) is 0.468. The van der Waals surface area contributed by atoms with Crippen LogP contribution >= 0.6 is 0 Å². The number of aliphatic carboxylic acids is 1. The van der Waals surface area contributed by atoms with Crippen molar-refractivity contribution in [2.45, 2.75) is 12.5 Å². The number of carboxylic acid groups (broad SMARTS) is 1. The molecule has 0 aliphatic carbocycles. The van der Waals surface area contributed by atoms with Gasteiger partial charge in [-0.15, -0.1) is 0 Å². The van der Waals surface area contributed by atoms with E-state index in [-0.39, 0.29) is 6.42 Å². The third-order valence-corrected chi connectivity index (χ3v) is 2.82. The molecule has 96 valence electrons. The van der Waals surface area contributed by atoms with Gasteiger partial charge in [-0.2, -0.15) is 0 Å². The maximum Gasteiger partial charge on any atom is 0.304 e. The van der Waals surface area contributed by atoms with E-state index in [0.717, 1.165) is 16.7 Å². The van der Waals surface area contributed by atoms with Gasteiger partial charge in [-0.1, -0.05) is 12.1 Å². The van der Waals surface area contributed by atoms with E-state index >= 15 is 0 Å². The summed E-state index contributed by atoms with van der Waals surface area (Å²) in [5, 5.41) is 9.68. The number of fused-ring (bicyclic) bond motifs is 1. The number of nitrogens with two attached hydrogens (primary N) is 1. The minimum Gasteiger partial charge on any atom is -0.481 e. The molecule has 0 amide bonds. The number of hydrogen-bond acceptors (Lipinski definition) is 4. The first kappa shape index (κ1) is 12.4. The van der Waals surface area contributed by atoms with Gasteiger partial charge in [0.1, 0.15) is 11.8 Å². The second kappa shape index (κ2) is 5.10. The number of anilines is 1. The molecule has 3 N–H and O–H groups in total. The lowest BCUT2D eigenvalue weighted by Gasteiger charge is -2.21. The van der Waals surface area contributed by atoms with Gasteiger partial charge in [0.25, 0.3) is 0 Å². The smallest absolute Gasteiger partial charge is 0.304 e. The van der Waals surface area contributed by atoms with Crippen LogP contribution in [0.2, 0.25) is 0 Å². The van der Waals surface area contributed by atoms with Crippen LogP contribution in [0.4, 0.5) is 5.69 Å². The Morgan fingerprint density at radius 3 is 2.94 bits per heavy atom. The van der Waals surface area contributed by atoms with Gasteiger partial charge in [0, 0.05) is 25.0 Å². The van der Waals surface area contributed by atoms with Gasteiger partial charge in [0.05, 0.1) is 12.1 Å². The maximum atomic E-state index is 10.6. The number of furan rings is 1. The van der Waals surface area contributed by atoms with Crippen LogP contribution in [0.1, 0.15) is 6.42 Å². The van der Waals surface area contributed by atoms with Gasteiger partial charge < -0.3 is 20.2 Å². The number of para-hydroxylation sites is 1. The molecular formula is C13H16N2O3. The fourth-order valence-corrected chi connectivity index (χ4v) is 2.00. The van der Waals surface area contributed by atoms with Crippen molar-refractivity contribution in [3.8, 4) is 0 Å². The summed E-state index contributed by atoms with van der Waals surface area (Å²) in [5.74, 6) is -0.882. The highest BCUT2D eigenvalue weighted by molar-refractivity contribution is 5.90. The quantitative estimate of drug-likeness (QED) is 0.841. The molecule has 0 bridgehead atoms. The fraction of sp³-hybridized carbons (Fsp3) is 0.308. The summed E-state index contributed by atoms with van der Waals surface area (Å²) in [7, 11) is 1.87. The lowest BCUT2D eigenvalue weighted by Crippen LogP contribution is -2.36. The molecule has 2 rings (SSSR count). The number of carbonyl (C=O) groups is 1. The van der Waals surface area contributed by atoms with Crippen LogP contribution in [-0.4, -0.2) is 30.7 Å². The summed E-state index contributed by atoms with van der Waals surface area (Å²) in [6.07, 6.45) is 1.62. The topological polar surface area (TPSA) is 79.7 Å². The second-order valence-electron chi connectivity index (χ2n) is 4.36. The summed E-state index contributed by atoms with van der Waals surface area (Å²) in [6, 6.07) is 7.30. The third-order valence-electron chi connectivity index (χ3n) is 2.82. The lowest BCUT2D eigenvalue weighted by atomic mass is 10.2. The van der Waals surface area contributed by atoms with Crippen LogP contribution in [0.15, 0.2) is 34.9 Å². The Hall–Kier alpha value is -2.01. The van der Waals surface area contributed by atoms with Crippen molar-refractivity contribution >= 4 is 22.6 Å². The molecule has 0 fully saturated rings. The lowest BCUT2D eigenvalue weighted by molar-refractivity contribution is -0.137. The van der Waals surface area contributed by atoms with Crippen molar-refractivity contribution in [1.82, 2.24) is 0 Å². The van der Waals surface area contributed by atoms with Crippen molar-refractivity contribution in [2.24, 2.45) is 5.73 Å². The molecule has 1 aromatic heterocycles. The molecule has 0 radical (unpaired) electrons. The molecule has 18 heavy (non-hydrogen) atoms. The predicted molar refractivity (Wildman–Crippen MR) is 69.7 cm³/mol. The standard InChI is InChI=1S/C13H16N2O3/c1-15(7-9(14)6-13(16)17)11-8-18-12-5-3-2-4-10(11)12/h2-5,8-9H,6-7,14H2,1H3,(H,16,17). The van der Waals surface area contributed by atoms with Crippen LogP contribution in [0.25, 0.3) is 11.0 Å². The number of carboxylic acids is 1. The molecule has 1 atom stereocenters. The molecule has 0 spiro atoms. The molecule has 5 heteroatoms. The van der Waals surface area contributed by atoms with Gasteiger partial charge in [0.2, 0.25) is 0 Å². The Kier molecular flexibility index (Phi) is 3.53. The van der Waals surface area contributed by atoms with E-state index in [1.807, 2.05) is 36.2 Å².